The average Bonchev–Trinajstić information content (AvgIpc) is 3.13. The Kier molecular flexibility index (Phi) is 4.15. The predicted molar refractivity (Wildman–Crippen MR) is 88.7 cm³/mol. The highest BCUT2D eigenvalue weighted by atomic mass is 19.1. The van der Waals surface area contributed by atoms with Gasteiger partial charge in [-0.3, -0.25) is 4.79 Å². The van der Waals surface area contributed by atoms with Crippen LogP contribution in [0.15, 0.2) is 30.5 Å². The Morgan fingerprint density at radius 1 is 1.36 bits per heavy atom. The van der Waals surface area contributed by atoms with E-state index in [0.29, 0.717) is 24.8 Å². The molecule has 6 nitrogen and oxygen atoms in total. The fourth-order valence-corrected chi connectivity index (χ4v) is 3.24. The zero-order valence-corrected chi connectivity index (χ0v) is 14.1. The highest BCUT2D eigenvalue weighted by Gasteiger charge is 2.33. The fourth-order valence-electron chi connectivity index (χ4n) is 3.24. The van der Waals surface area contributed by atoms with Gasteiger partial charge in [-0.2, -0.15) is 0 Å². The fraction of sp³-hybridized carbons (Fsp3) is 0.500. The van der Waals surface area contributed by atoms with Crippen molar-refractivity contribution in [3.05, 3.63) is 42.0 Å². The van der Waals surface area contributed by atoms with E-state index >= 15 is 0 Å². The van der Waals surface area contributed by atoms with Crippen LogP contribution in [-0.4, -0.2) is 45.0 Å². The number of aromatic nitrogens is 3. The molecular formula is C18H21FN4O2. The first-order valence-corrected chi connectivity index (χ1v) is 8.73. The third kappa shape index (κ3) is 3.50. The molecule has 2 aliphatic rings. The SMILES string of the molecule is CC(Oc1cccc(F)c1)C(=O)N1CCC(n2cc(C3CC3)nn2)C1. The van der Waals surface area contributed by atoms with Gasteiger partial charge in [-0.1, -0.05) is 11.3 Å². The van der Waals surface area contributed by atoms with Gasteiger partial charge in [-0.05, 0) is 38.3 Å². The molecular weight excluding hydrogens is 323 g/mol. The van der Waals surface area contributed by atoms with Crippen LogP contribution in [0.3, 0.4) is 0 Å². The number of amides is 1. The highest BCUT2D eigenvalue weighted by molar-refractivity contribution is 5.81. The minimum Gasteiger partial charge on any atom is -0.481 e. The second kappa shape index (κ2) is 6.46. The molecule has 0 radical (unpaired) electrons. The molecule has 1 aromatic heterocycles. The highest BCUT2D eigenvalue weighted by Crippen LogP contribution is 2.39. The molecule has 1 amide bonds. The van der Waals surface area contributed by atoms with Crippen LogP contribution in [0.1, 0.15) is 43.8 Å². The standard InChI is InChI=1S/C18H21FN4O2/c1-12(25-16-4-2-3-14(19)9-16)18(24)22-8-7-15(10-22)23-11-17(20-21-23)13-5-6-13/h2-4,9,11-13,15H,5-8,10H2,1H3. The van der Waals surface area contributed by atoms with Crippen LogP contribution < -0.4 is 4.74 Å². The maximum Gasteiger partial charge on any atom is 0.263 e. The number of hydrogen-bond donors (Lipinski definition) is 0. The molecule has 1 saturated heterocycles. The van der Waals surface area contributed by atoms with Crippen LogP contribution >= 0.6 is 0 Å². The molecule has 2 unspecified atom stereocenters. The molecule has 0 spiro atoms. The molecule has 2 heterocycles. The van der Waals surface area contributed by atoms with Crippen molar-refractivity contribution in [2.24, 2.45) is 0 Å². The van der Waals surface area contributed by atoms with Crippen LogP contribution in [0, 0.1) is 5.82 Å². The van der Waals surface area contributed by atoms with E-state index in [-0.39, 0.29) is 17.8 Å². The van der Waals surface area contributed by atoms with Crippen LogP contribution in [0.2, 0.25) is 0 Å². The summed E-state index contributed by atoms with van der Waals surface area (Å²) in [6.07, 6.45) is 4.61. The Balaban J connectivity index is 1.36. The third-order valence-electron chi connectivity index (χ3n) is 4.83. The number of carbonyl (C=O) groups excluding carboxylic acids is 1. The van der Waals surface area contributed by atoms with Crippen LogP contribution in [0.5, 0.6) is 5.75 Å². The van der Waals surface area contributed by atoms with Gasteiger partial charge >= 0.3 is 0 Å². The molecule has 2 fully saturated rings. The normalized spacial score (nSPS) is 21.4. The number of carbonyl (C=O) groups is 1. The summed E-state index contributed by atoms with van der Waals surface area (Å²) < 4.78 is 20.7. The molecule has 2 aromatic rings. The minimum atomic E-state index is -0.654. The lowest BCUT2D eigenvalue weighted by molar-refractivity contribution is -0.137. The van der Waals surface area contributed by atoms with Gasteiger partial charge in [0.2, 0.25) is 0 Å². The zero-order chi connectivity index (χ0) is 17.4. The van der Waals surface area contributed by atoms with Gasteiger partial charge in [0.1, 0.15) is 11.6 Å². The maximum atomic E-state index is 13.2. The summed E-state index contributed by atoms with van der Waals surface area (Å²) in [5.74, 6) is 0.472. The number of halogens is 1. The first kappa shape index (κ1) is 16.1. The minimum absolute atomic E-state index is 0.0886. The number of rotatable bonds is 5. The van der Waals surface area contributed by atoms with Crippen molar-refractivity contribution in [1.82, 2.24) is 19.9 Å². The van der Waals surface area contributed by atoms with Crippen LogP contribution in [0.25, 0.3) is 0 Å². The van der Waals surface area contributed by atoms with Crippen LogP contribution in [-0.2, 0) is 4.79 Å². The first-order chi connectivity index (χ1) is 12.1. The second-order valence-corrected chi connectivity index (χ2v) is 6.84. The van der Waals surface area contributed by atoms with Crippen molar-refractivity contribution >= 4 is 5.91 Å². The quantitative estimate of drug-likeness (QED) is 0.836. The van der Waals surface area contributed by atoms with E-state index in [9.17, 15) is 9.18 Å². The average molecular weight is 344 g/mol. The van der Waals surface area contributed by atoms with Crippen molar-refractivity contribution in [3.63, 3.8) is 0 Å². The smallest absolute Gasteiger partial charge is 0.263 e. The van der Waals surface area contributed by atoms with E-state index in [1.807, 2.05) is 10.9 Å². The lowest BCUT2D eigenvalue weighted by atomic mass is 10.2. The summed E-state index contributed by atoms with van der Waals surface area (Å²) in [4.78, 5) is 14.4. The number of benzene rings is 1. The van der Waals surface area contributed by atoms with Crippen molar-refractivity contribution in [2.75, 3.05) is 13.1 Å². The van der Waals surface area contributed by atoms with E-state index < -0.39 is 6.10 Å². The molecule has 1 aliphatic carbocycles. The number of likely N-dealkylation sites (tertiary alicyclic amines) is 1. The Bertz CT molecular complexity index is 774. The van der Waals surface area contributed by atoms with Gasteiger partial charge in [0.25, 0.3) is 5.91 Å². The van der Waals surface area contributed by atoms with Gasteiger partial charge in [0.15, 0.2) is 6.10 Å². The summed E-state index contributed by atoms with van der Waals surface area (Å²) in [6, 6.07) is 6.00. The number of ether oxygens (including phenoxy) is 1. The van der Waals surface area contributed by atoms with Gasteiger partial charge in [0, 0.05) is 31.3 Å². The van der Waals surface area contributed by atoms with Gasteiger partial charge in [0.05, 0.1) is 11.7 Å². The monoisotopic (exact) mass is 344 g/mol. The molecule has 2 atom stereocenters. The molecule has 1 saturated carbocycles. The van der Waals surface area contributed by atoms with Gasteiger partial charge in [-0.25, -0.2) is 9.07 Å². The summed E-state index contributed by atoms with van der Waals surface area (Å²) in [7, 11) is 0. The molecule has 4 rings (SSSR count). The molecule has 25 heavy (non-hydrogen) atoms. The molecule has 1 aliphatic heterocycles. The van der Waals surface area contributed by atoms with E-state index in [0.717, 1.165) is 12.1 Å². The topological polar surface area (TPSA) is 60.2 Å². The van der Waals surface area contributed by atoms with E-state index in [1.165, 1.54) is 25.0 Å². The summed E-state index contributed by atoms with van der Waals surface area (Å²) >= 11 is 0. The predicted octanol–water partition coefficient (Wildman–Crippen LogP) is 2.54. The van der Waals surface area contributed by atoms with Gasteiger partial charge < -0.3 is 9.64 Å². The molecule has 7 heteroatoms. The molecule has 132 valence electrons. The van der Waals surface area contributed by atoms with Crippen molar-refractivity contribution in [3.8, 4) is 5.75 Å². The lowest BCUT2D eigenvalue weighted by Gasteiger charge is -2.21. The van der Waals surface area contributed by atoms with E-state index in [2.05, 4.69) is 10.3 Å². The van der Waals surface area contributed by atoms with Crippen LogP contribution in [0.4, 0.5) is 4.39 Å². The van der Waals surface area contributed by atoms with Crippen molar-refractivity contribution in [2.45, 2.75) is 44.2 Å². The Morgan fingerprint density at radius 3 is 2.96 bits per heavy atom. The summed E-state index contributed by atoms with van der Waals surface area (Å²) in [5, 5.41) is 8.47. The summed E-state index contributed by atoms with van der Waals surface area (Å²) in [5.41, 5.74) is 1.06. The number of nitrogens with zero attached hydrogens (tertiary/aromatic N) is 4. The number of hydrogen-bond acceptors (Lipinski definition) is 4. The van der Waals surface area contributed by atoms with Crippen molar-refractivity contribution in [1.29, 1.82) is 0 Å². The molecule has 0 N–H and O–H groups in total. The molecule has 1 aromatic carbocycles. The van der Waals surface area contributed by atoms with E-state index in [1.54, 1.807) is 24.0 Å². The zero-order valence-electron chi connectivity index (χ0n) is 14.1. The summed E-state index contributed by atoms with van der Waals surface area (Å²) in [6.45, 7) is 2.96. The van der Waals surface area contributed by atoms with Gasteiger partial charge in [-0.15, -0.1) is 5.10 Å². The Morgan fingerprint density at radius 2 is 2.20 bits per heavy atom. The van der Waals surface area contributed by atoms with E-state index in [4.69, 9.17) is 4.74 Å². The third-order valence-corrected chi connectivity index (χ3v) is 4.83. The maximum absolute atomic E-state index is 13.2. The Labute approximate surface area is 145 Å². The van der Waals surface area contributed by atoms with Crippen molar-refractivity contribution < 1.29 is 13.9 Å². The Hall–Kier alpha value is -2.44. The first-order valence-electron chi connectivity index (χ1n) is 8.73. The lowest BCUT2D eigenvalue weighted by Crippen LogP contribution is -2.39. The molecule has 0 bridgehead atoms. The largest absolute Gasteiger partial charge is 0.481 e. The second-order valence-electron chi connectivity index (χ2n) is 6.84.